The van der Waals surface area contributed by atoms with Crippen LogP contribution in [-0.4, -0.2) is 13.7 Å². The van der Waals surface area contributed by atoms with E-state index in [1.54, 1.807) is 0 Å². The molecule has 0 radical (unpaired) electrons. The summed E-state index contributed by atoms with van der Waals surface area (Å²) in [6, 6.07) is 51.2. The van der Waals surface area contributed by atoms with E-state index < -0.39 is 0 Å². The first-order valence-corrected chi connectivity index (χ1v) is 16.1. The zero-order valence-electron chi connectivity index (χ0n) is 24.9. The molecule has 0 amide bonds. The second kappa shape index (κ2) is 9.48. The number of para-hydroxylation sites is 4. The lowest BCUT2D eigenvalue weighted by Crippen LogP contribution is -2.07. The van der Waals surface area contributed by atoms with E-state index in [-0.39, 0.29) is 0 Å². The molecule has 0 atom stereocenters. The first-order chi connectivity index (χ1) is 22.4. The molecule has 3 nitrogen and oxygen atoms in total. The van der Waals surface area contributed by atoms with Gasteiger partial charge in [0.25, 0.3) is 0 Å². The molecule has 214 valence electrons. The van der Waals surface area contributed by atoms with Crippen molar-refractivity contribution in [2.75, 3.05) is 0 Å². The highest BCUT2D eigenvalue weighted by Gasteiger charge is 2.25. The Morgan fingerprint density at radius 1 is 0.356 bits per heavy atom. The van der Waals surface area contributed by atoms with Crippen molar-refractivity contribution in [1.29, 1.82) is 0 Å². The maximum absolute atomic E-state index is 2.56. The van der Waals surface area contributed by atoms with Crippen LogP contribution in [0.4, 0.5) is 0 Å². The largest absolute Gasteiger partial charge is 0.313 e. The number of fused-ring (bicyclic) bond motifs is 10. The monoisotopic (exact) mass is 577 g/mol. The van der Waals surface area contributed by atoms with E-state index in [0.29, 0.717) is 0 Å². The maximum Gasteiger partial charge on any atom is 0.0637 e. The highest BCUT2D eigenvalue weighted by Crippen LogP contribution is 2.43. The fourth-order valence-electron chi connectivity index (χ4n) is 8.17. The smallest absolute Gasteiger partial charge is 0.0637 e. The third-order valence-electron chi connectivity index (χ3n) is 10.0. The second-order valence-electron chi connectivity index (χ2n) is 12.4. The normalized spacial score (nSPS) is 13.4. The highest BCUT2D eigenvalue weighted by molar-refractivity contribution is 6.19. The van der Waals surface area contributed by atoms with Gasteiger partial charge in [-0.2, -0.15) is 0 Å². The predicted octanol–water partition coefficient (Wildman–Crippen LogP) is 10.7. The number of aryl methyl sites for hydroxylation is 1. The van der Waals surface area contributed by atoms with Crippen LogP contribution in [0.3, 0.4) is 0 Å². The number of rotatable bonds is 3. The van der Waals surface area contributed by atoms with Gasteiger partial charge in [-0.15, -0.1) is 0 Å². The molecule has 1 aliphatic rings. The Hall–Kier alpha value is -5.54. The van der Waals surface area contributed by atoms with Crippen LogP contribution in [0.15, 0.2) is 140 Å². The number of hydrogen-bond donors (Lipinski definition) is 0. The molecule has 10 rings (SSSR count). The molecule has 0 N–H and O–H groups in total. The van der Waals surface area contributed by atoms with Crippen molar-refractivity contribution in [2.24, 2.45) is 0 Å². The Labute approximate surface area is 261 Å². The molecule has 3 aromatic heterocycles. The van der Waals surface area contributed by atoms with Crippen molar-refractivity contribution in [1.82, 2.24) is 13.7 Å². The molecule has 45 heavy (non-hydrogen) atoms. The van der Waals surface area contributed by atoms with Gasteiger partial charge in [0, 0.05) is 49.7 Å². The summed E-state index contributed by atoms with van der Waals surface area (Å²) in [6.07, 6.45) is 4.69. The number of benzene rings is 6. The zero-order chi connectivity index (χ0) is 29.5. The van der Waals surface area contributed by atoms with Crippen LogP contribution in [0.25, 0.3) is 71.6 Å². The zero-order valence-corrected chi connectivity index (χ0v) is 24.9. The minimum absolute atomic E-state index is 1.10. The summed E-state index contributed by atoms with van der Waals surface area (Å²) < 4.78 is 7.46. The Bertz CT molecular complexity index is 2520. The molecular weight excluding hydrogens is 546 g/mol. The molecule has 3 heteroatoms. The quantitative estimate of drug-likeness (QED) is 0.198. The van der Waals surface area contributed by atoms with Crippen LogP contribution in [-0.2, 0) is 12.8 Å². The van der Waals surface area contributed by atoms with E-state index in [2.05, 4.69) is 153 Å². The van der Waals surface area contributed by atoms with Gasteiger partial charge in [-0.1, -0.05) is 78.9 Å². The van der Waals surface area contributed by atoms with Gasteiger partial charge < -0.3 is 13.7 Å². The predicted molar refractivity (Wildman–Crippen MR) is 189 cm³/mol. The molecule has 0 unspecified atom stereocenters. The maximum atomic E-state index is 2.56. The summed E-state index contributed by atoms with van der Waals surface area (Å²) in [5, 5.41) is 6.63. The van der Waals surface area contributed by atoms with Gasteiger partial charge in [0.05, 0.1) is 27.6 Å². The highest BCUT2D eigenvalue weighted by atomic mass is 15.0. The molecule has 6 aromatic carbocycles. The standard InChI is InChI=1S/C42H31N3/c1-2-12-28(13-3-1)45-38-20-10-6-16-33(38)34-26-27-40-41(42(34)45)35-17-7-11-21-39(35)44(40)30-24-22-29(23-25-30)43-36-18-8-4-14-31(36)32-15-5-9-19-37(32)43/h1-6,8-10,12-16,18-20,22-27H,7,11,17,21H2. The summed E-state index contributed by atoms with van der Waals surface area (Å²) in [7, 11) is 0. The van der Waals surface area contributed by atoms with Crippen molar-refractivity contribution in [3.8, 4) is 17.1 Å². The molecule has 9 aromatic rings. The molecule has 0 aliphatic heterocycles. The first kappa shape index (κ1) is 24.9. The van der Waals surface area contributed by atoms with E-state index in [4.69, 9.17) is 0 Å². The van der Waals surface area contributed by atoms with Crippen LogP contribution in [0.2, 0.25) is 0 Å². The van der Waals surface area contributed by atoms with E-state index >= 15 is 0 Å². The average Bonchev–Trinajstić information content (AvgIpc) is 3.75. The Morgan fingerprint density at radius 3 is 1.53 bits per heavy atom. The van der Waals surface area contributed by atoms with E-state index in [1.165, 1.54) is 95.7 Å². The van der Waals surface area contributed by atoms with Crippen molar-refractivity contribution in [3.05, 3.63) is 151 Å². The van der Waals surface area contributed by atoms with Crippen molar-refractivity contribution >= 4 is 54.5 Å². The minimum atomic E-state index is 1.10. The van der Waals surface area contributed by atoms with Crippen LogP contribution < -0.4 is 0 Å². The van der Waals surface area contributed by atoms with Gasteiger partial charge in [-0.05, 0) is 91.9 Å². The molecule has 0 saturated carbocycles. The summed E-state index contributed by atoms with van der Waals surface area (Å²) in [4.78, 5) is 0. The fraction of sp³-hybridized carbons (Fsp3) is 0.0952. The minimum Gasteiger partial charge on any atom is -0.313 e. The van der Waals surface area contributed by atoms with Gasteiger partial charge in [-0.25, -0.2) is 0 Å². The number of hydrogen-bond acceptors (Lipinski definition) is 0. The topological polar surface area (TPSA) is 14.8 Å². The van der Waals surface area contributed by atoms with Crippen LogP contribution in [0, 0.1) is 0 Å². The average molecular weight is 578 g/mol. The molecule has 0 saturated heterocycles. The molecule has 3 heterocycles. The summed E-state index contributed by atoms with van der Waals surface area (Å²) in [6.45, 7) is 0. The molecule has 0 fully saturated rings. The van der Waals surface area contributed by atoms with E-state index in [0.717, 1.165) is 12.8 Å². The van der Waals surface area contributed by atoms with Gasteiger partial charge in [0.1, 0.15) is 0 Å². The Balaban J connectivity index is 1.24. The fourth-order valence-corrected chi connectivity index (χ4v) is 8.17. The second-order valence-corrected chi connectivity index (χ2v) is 12.4. The summed E-state index contributed by atoms with van der Waals surface area (Å²) in [5.41, 5.74) is 13.0. The van der Waals surface area contributed by atoms with Crippen molar-refractivity contribution < 1.29 is 0 Å². The van der Waals surface area contributed by atoms with Gasteiger partial charge in [0.2, 0.25) is 0 Å². The third kappa shape index (κ3) is 3.47. The Morgan fingerprint density at radius 2 is 0.867 bits per heavy atom. The van der Waals surface area contributed by atoms with Crippen LogP contribution in [0.1, 0.15) is 24.1 Å². The summed E-state index contributed by atoms with van der Waals surface area (Å²) in [5.74, 6) is 0. The number of aromatic nitrogens is 3. The lowest BCUT2D eigenvalue weighted by atomic mass is 9.94. The third-order valence-corrected chi connectivity index (χ3v) is 10.0. The van der Waals surface area contributed by atoms with Crippen molar-refractivity contribution in [3.63, 3.8) is 0 Å². The van der Waals surface area contributed by atoms with Gasteiger partial charge >= 0.3 is 0 Å². The SMILES string of the molecule is c1ccc(-n2c3ccccc3c3ccc4c(c5c(n4-c4ccc(-n6c7ccccc7c7ccccc76)cc4)CCCC5)c32)cc1. The summed E-state index contributed by atoms with van der Waals surface area (Å²) >= 11 is 0. The van der Waals surface area contributed by atoms with Crippen LogP contribution >= 0.6 is 0 Å². The molecule has 0 bridgehead atoms. The lowest BCUT2D eigenvalue weighted by molar-refractivity contribution is 0.667. The first-order valence-electron chi connectivity index (χ1n) is 16.1. The molecule has 1 aliphatic carbocycles. The number of nitrogens with zero attached hydrogens (tertiary/aromatic N) is 3. The van der Waals surface area contributed by atoms with E-state index in [1.807, 2.05) is 0 Å². The van der Waals surface area contributed by atoms with Gasteiger partial charge in [0.15, 0.2) is 0 Å². The molecular formula is C42H31N3. The Kier molecular flexibility index (Phi) is 5.23. The lowest BCUT2D eigenvalue weighted by Gasteiger charge is -2.17. The van der Waals surface area contributed by atoms with Crippen LogP contribution in [0.5, 0.6) is 0 Å². The molecule has 0 spiro atoms. The van der Waals surface area contributed by atoms with Gasteiger partial charge in [-0.3, -0.25) is 0 Å². The van der Waals surface area contributed by atoms with Crippen molar-refractivity contribution in [2.45, 2.75) is 25.7 Å². The van der Waals surface area contributed by atoms with E-state index in [9.17, 15) is 0 Å².